The van der Waals surface area contributed by atoms with E-state index in [4.69, 9.17) is 9.47 Å². The molecule has 9 heteroatoms. The molecule has 0 fully saturated rings. The summed E-state index contributed by atoms with van der Waals surface area (Å²) < 4.78 is 12.5. The van der Waals surface area contributed by atoms with Crippen molar-refractivity contribution in [1.82, 2.24) is 15.0 Å². The predicted octanol–water partition coefficient (Wildman–Crippen LogP) is 4.09. The average Bonchev–Trinajstić information content (AvgIpc) is 3.17. The number of carbonyl (C=O) groups is 1. The lowest BCUT2D eigenvalue weighted by Gasteiger charge is -2.18. The summed E-state index contributed by atoms with van der Waals surface area (Å²) in [6.45, 7) is 7.78. The maximum absolute atomic E-state index is 13.2. The number of hydrazone groups is 1. The highest BCUT2D eigenvalue weighted by Crippen LogP contribution is 2.35. The second-order valence-electron chi connectivity index (χ2n) is 8.98. The second-order valence-corrected chi connectivity index (χ2v) is 10.1. The first kappa shape index (κ1) is 23.9. The number of amides is 1. The quantitative estimate of drug-likeness (QED) is 0.404. The Kier molecular flexibility index (Phi) is 7.02. The molecule has 1 amide bonds. The van der Waals surface area contributed by atoms with Crippen LogP contribution in [-0.4, -0.2) is 34.9 Å². The van der Waals surface area contributed by atoms with Gasteiger partial charge in [0.25, 0.3) is 11.5 Å². The van der Waals surface area contributed by atoms with Crippen molar-refractivity contribution < 1.29 is 14.3 Å². The third-order valence-electron chi connectivity index (χ3n) is 5.98. The molecular weight excluding hydrogens is 452 g/mol. The second kappa shape index (κ2) is 9.97. The van der Waals surface area contributed by atoms with E-state index in [2.05, 4.69) is 22.4 Å². The number of aromatic nitrogens is 2. The van der Waals surface area contributed by atoms with Gasteiger partial charge in [0.15, 0.2) is 11.5 Å². The van der Waals surface area contributed by atoms with E-state index < -0.39 is 11.9 Å². The average molecular weight is 483 g/mol. The van der Waals surface area contributed by atoms with Crippen LogP contribution in [0.15, 0.2) is 34.4 Å². The Morgan fingerprint density at radius 1 is 1.32 bits per heavy atom. The molecule has 4 rings (SSSR count). The molecule has 8 nitrogen and oxygen atoms in total. The molecule has 0 saturated heterocycles. The molecule has 0 bridgehead atoms. The molecule has 2 heterocycles. The molecule has 1 aliphatic carbocycles. The summed E-state index contributed by atoms with van der Waals surface area (Å²) in [5, 5.41) is 4.72. The lowest BCUT2D eigenvalue weighted by molar-refractivity contribution is -0.123. The van der Waals surface area contributed by atoms with Crippen LogP contribution in [0.2, 0.25) is 0 Å². The molecule has 0 saturated carbocycles. The number of benzene rings is 1. The van der Waals surface area contributed by atoms with E-state index in [0.29, 0.717) is 22.8 Å². The van der Waals surface area contributed by atoms with Gasteiger partial charge >= 0.3 is 0 Å². The van der Waals surface area contributed by atoms with Crippen LogP contribution in [0.4, 0.5) is 0 Å². The van der Waals surface area contributed by atoms with E-state index in [1.807, 2.05) is 19.9 Å². The minimum Gasteiger partial charge on any atom is -0.493 e. The topological polar surface area (TPSA) is 94.8 Å². The summed E-state index contributed by atoms with van der Waals surface area (Å²) >= 11 is 1.60. The van der Waals surface area contributed by atoms with E-state index >= 15 is 0 Å². The number of rotatable bonds is 7. The van der Waals surface area contributed by atoms with Crippen LogP contribution in [0.1, 0.15) is 56.2 Å². The van der Waals surface area contributed by atoms with Crippen LogP contribution in [-0.2, 0) is 17.6 Å². The molecule has 0 radical (unpaired) electrons. The first-order valence-electron chi connectivity index (χ1n) is 11.5. The van der Waals surface area contributed by atoms with Gasteiger partial charge in [-0.1, -0.05) is 6.92 Å². The zero-order valence-electron chi connectivity index (χ0n) is 20.1. The van der Waals surface area contributed by atoms with Gasteiger partial charge in [0.05, 0.1) is 31.1 Å². The number of aryl methyl sites for hydroxylation is 1. The van der Waals surface area contributed by atoms with E-state index in [1.54, 1.807) is 37.5 Å². The minimum absolute atomic E-state index is 0.0226. The fourth-order valence-corrected chi connectivity index (χ4v) is 5.47. The van der Waals surface area contributed by atoms with Gasteiger partial charge in [-0.3, -0.25) is 14.2 Å². The Bertz CT molecular complexity index is 1290. The smallest absolute Gasteiger partial charge is 0.263 e. The third-order valence-corrected chi connectivity index (χ3v) is 7.14. The predicted molar refractivity (Wildman–Crippen MR) is 134 cm³/mol. The van der Waals surface area contributed by atoms with Crippen LogP contribution in [0.25, 0.3) is 10.2 Å². The number of hydrogen-bond donors (Lipinski definition) is 1. The van der Waals surface area contributed by atoms with Crippen molar-refractivity contribution in [3.63, 3.8) is 0 Å². The Labute approximate surface area is 202 Å². The highest BCUT2D eigenvalue weighted by molar-refractivity contribution is 7.18. The van der Waals surface area contributed by atoms with Crippen LogP contribution >= 0.6 is 11.3 Å². The first-order valence-corrected chi connectivity index (χ1v) is 12.3. The van der Waals surface area contributed by atoms with Crippen molar-refractivity contribution in [2.24, 2.45) is 11.0 Å². The van der Waals surface area contributed by atoms with Gasteiger partial charge in [-0.2, -0.15) is 5.10 Å². The van der Waals surface area contributed by atoms with Gasteiger partial charge in [-0.05, 0) is 75.3 Å². The van der Waals surface area contributed by atoms with Crippen molar-refractivity contribution in [2.75, 3.05) is 7.11 Å². The number of carbonyl (C=O) groups excluding carboxylic acids is 1. The van der Waals surface area contributed by atoms with Gasteiger partial charge in [0, 0.05) is 4.88 Å². The lowest BCUT2D eigenvalue weighted by Crippen LogP contribution is -2.34. The molecule has 34 heavy (non-hydrogen) atoms. The number of fused-ring (bicyclic) bond motifs is 3. The molecule has 0 unspecified atom stereocenters. The normalized spacial score (nSPS) is 16.6. The number of ether oxygens (including phenoxy) is 2. The Morgan fingerprint density at radius 2 is 2.12 bits per heavy atom. The van der Waals surface area contributed by atoms with Crippen LogP contribution in [0.3, 0.4) is 0 Å². The molecule has 2 atom stereocenters. The summed E-state index contributed by atoms with van der Waals surface area (Å²) in [6, 6.07) is 4.64. The fourth-order valence-electron chi connectivity index (χ4n) is 4.13. The van der Waals surface area contributed by atoms with Crippen molar-refractivity contribution in [1.29, 1.82) is 0 Å². The molecule has 180 valence electrons. The molecule has 1 aromatic carbocycles. The summed E-state index contributed by atoms with van der Waals surface area (Å²) in [6.07, 6.45) is 5.93. The number of nitrogens with zero attached hydrogens (tertiary/aromatic N) is 3. The highest BCUT2D eigenvalue weighted by atomic mass is 32.1. The monoisotopic (exact) mass is 482 g/mol. The maximum atomic E-state index is 13.2. The molecule has 1 N–H and O–H groups in total. The summed E-state index contributed by atoms with van der Waals surface area (Å²) in [5.74, 6) is 1.43. The highest BCUT2D eigenvalue weighted by Gasteiger charge is 2.25. The zero-order valence-corrected chi connectivity index (χ0v) is 20.9. The van der Waals surface area contributed by atoms with E-state index in [-0.39, 0.29) is 11.7 Å². The van der Waals surface area contributed by atoms with Crippen molar-refractivity contribution >= 4 is 33.7 Å². The zero-order chi connectivity index (χ0) is 24.4. The molecule has 0 spiro atoms. The molecule has 0 aliphatic heterocycles. The van der Waals surface area contributed by atoms with Gasteiger partial charge in [-0.25, -0.2) is 10.4 Å². The summed E-state index contributed by atoms with van der Waals surface area (Å²) in [5.41, 5.74) is 4.19. The van der Waals surface area contributed by atoms with Crippen LogP contribution in [0.5, 0.6) is 11.5 Å². The molecule has 3 aromatic rings. The van der Waals surface area contributed by atoms with Gasteiger partial charge in [0.1, 0.15) is 10.9 Å². The number of methoxy groups -OCH3 is 1. The number of hydrogen-bond acceptors (Lipinski definition) is 7. The summed E-state index contributed by atoms with van der Waals surface area (Å²) in [7, 11) is 1.57. The number of nitrogens with one attached hydrogen (secondary N) is 1. The van der Waals surface area contributed by atoms with Crippen LogP contribution < -0.4 is 20.5 Å². The van der Waals surface area contributed by atoms with Crippen LogP contribution in [0, 0.1) is 5.92 Å². The van der Waals surface area contributed by atoms with Gasteiger partial charge in [-0.15, -0.1) is 11.3 Å². The van der Waals surface area contributed by atoms with Gasteiger partial charge in [0.2, 0.25) is 0 Å². The molecular formula is C25H30N4O4S. The standard InChI is InChI=1S/C25H30N4O4S/c1-14(2)33-19-9-7-17(11-20(19)32-5)12-27-28-23(30)16(4)29-13-26-24-22(25(29)31)18-8-6-15(3)10-21(18)34-24/h7,9,11-16H,6,8,10H2,1-5H3,(H,28,30)/b27-12-/t15-,16-/m1/s1. The van der Waals surface area contributed by atoms with Crippen molar-refractivity contribution in [3.8, 4) is 11.5 Å². The Balaban J connectivity index is 1.49. The Hall–Kier alpha value is -3.20. The summed E-state index contributed by atoms with van der Waals surface area (Å²) in [4.78, 5) is 32.5. The number of thiophene rings is 1. The fraction of sp³-hybridized carbons (Fsp3) is 0.440. The van der Waals surface area contributed by atoms with E-state index in [0.717, 1.165) is 35.2 Å². The van der Waals surface area contributed by atoms with E-state index in [1.165, 1.54) is 22.0 Å². The van der Waals surface area contributed by atoms with Crippen molar-refractivity contribution in [2.45, 2.75) is 59.1 Å². The SMILES string of the molecule is COc1cc(/C=N\NC(=O)[C@@H](C)n2cnc3sc4c(c3c2=O)CC[C@@H](C)C4)ccc1OC(C)C. The Morgan fingerprint density at radius 3 is 2.85 bits per heavy atom. The molecule has 2 aromatic heterocycles. The van der Waals surface area contributed by atoms with Crippen molar-refractivity contribution in [3.05, 3.63) is 50.9 Å². The van der Waals surface area contributed by atoms with Gasteiger partial charge < -0.3 is 9.47 Å². The first-order chi connectivity index (χ1) is 16.3. The molecule has 1 aliphatic rings. The largest absolute Gasteiger partial charge is 0.493 e. The lowest BCUT2D eigenvalue weighted by atomic mass is 9.89. The minimum atomic E-state index is -0.754. The maximum Gasteiger partial charge on any atom is 0.263 e. The third kappa shape index (κ3) is 4.84. The van der Waals surface area contributed by atoms with E-state index in [9.17, 15) is 9.59 Å².